The minimum absolute atomic E-state index is 0.289. The molecule has 3 aromatic rings. The Labute approximate surface area is 214 Å². The summed E-state index contributed by atoms with van der Waals surface area (Å²) in [6.45, 7) is 13.2. The van der Waals surface area contributed by atoms with Gasteiger partial charge < -0.3 is 14.2 Å². The lowest BCUT2D eigenvalue weighted by atomic mass is 9.89. The Hall–Kier alpha value is -2.83. The van der Waals surface area contributed by atoms with Gasteiger partial charge in [0.2, 0.25) is 0 Å². The van der Waals surface area contributed by atoms with Crippen LogP contribution in [0.3, 0.4) is 0 Å². The van der Waals surface area contributed by atoms with Crippen LogP contribution in [0.1, 0.15) is 56.0 Å². The van der Waals surface area contributed by atoms with Crippen molar-refractivity contribution >= 4 is 17.0 Å². The van der Waals surface area contributed by atoms with Gasteiger partial charge in [-0.05, 0) is 62.9 Å². The highest BCUT2D eigenvalue weighted by Crippen LogP contribution is 2.46. The van der Waals surface area contributed by atoms with E-state index in [1.165, 1.54) is 11.1 Å². The van der Waals surface area contributed by atoms with Crippen LogP contribution in [0, 0.1) is 18.8 Å². The van der Waals surface area contributed by atoms with Crippen LogP contribution in [0.15, 0.2) is 42.6 Å². The number of benzene rings is 2. The third-order valence-corrected chi connectivity index (χ3v) is 7.65. The highest BCUT2D eigenvalue weighted by atomic mass is 16.6. The molecule has 0 N–H and O–H groups in total. The summed E-state index contributed by atoms with van der Waals surface area (Å²) in [5.41, 5.74) is 5.11. The molecule has 6 nitrogen and oxygen atoms in total. The Morgan fingerprint density at radius 3 is 2.56 bits per heavy atom. The Balaban J connectivity index is 1.54. The van der Waals surface area contributed by atoms with Crippen LogP contribution in [-0.4, -0.2) is 48.0 Å². The normalized spacial score (nSPS) is 22.2. The van der Waals surface area contributed by atoms with E-state index in [4.69, 9.17) is 14.2 Å². The van der Waals surface area contributed by atoms with Crippen LogP contribution in [0.5, 0.6) is 5.75 Å². The van der Waals surface area contributed by atoms with E-state index >= 15 is 0 Å². The van der Waals surface area contributed by atoms with Gasteiger partial charge in [-0.2, -0.15) is 0 Å². The second kappa shape index (κ2) is 9.56. The summed E-state index contributed by atoms with van der Waals surface area (Å²) in [5, 5.41) is 1.03. The van der Waals surface area contributed by atoms with Crippen LogP contribution in [0.25, 0.3) is 10.9 Å². The van der Waals surface area contributed by atoms with E-state index in [0.29, 0.717) is 11.8 Å². The molecule has 192 valence electrons. The molecule has 0 aliphatic carbocycles. The molecule has 2 unspecified atom stereocenters. The van der Waals surface area contributed by atoms with Crippen molar-refractivity contribution in [1.82, 2.24) is 9.47 Å². The minimum Gasteiger partial charge on any atom is -0.496 e. The van der Waals surface area contributed by atoms with Crippen LogP contribution in [-0.2, 0) is 22.4 Å². The molecule has 0 radical (unpaired) electrons. The molecule has 2 fully saturated rings. The number of ether oxygens (including phenoxy) is 3. The maximum Gasteiger partial charge on any atom is 0.419 e. The van der Waals surface area contributed by atoms with Gasteiger partial charge in [0.1, 0.15) is 11.4 Å². The van der Waals surface area contributed by atoms with E-state index < -0.39 is 5.60 Å². The molecular formula is C30H38N2O4. The fourth-order valence-electron chi connectivity index (χ4n) is 5.98. The number of nitrogens with zero attached hydrogens (tertiary/aromatic N) is 2. The highest BCUT2D eigenvalue weighted by molar-refractivity contribution is 5.95. The summed E-state index contributed by atoms with van der Waals surface area (Å²) in [7, 11) is 1.72. The lowest BCUT2D eigenvalue weighted by Gasteiger charge is -2.29. The molecule has 5 rings (SSSR count). The first-order valence-electron chi connectivity index (χ1n) is 13.0. The topological polar surface area (TPSA) is 52.9 Å². The second-order valence-electron chi connectivity index (χ2n) is 11.2. The number of methoxy groups -OCH3 is 1. The maximum atomic E-state index is 13.0. The molecular weight excluding hydrogens is 452 g/mol. The molecule has 36 heavy (non-hydrogen) atoms. The summed E-state index contributed by atoms with van der Waals surface area (Å²) >= 11 is 0. The van der Waals surface area contributed by atoms with Crippen molar-refractivity contribution in [3.8, 4) is 5.75 Å². The number of aromatic nitrogens is 1. The molecule has 0 saturated carbocycles. The van der Waals surface area contributed by atoms with Crippen LogP contribution in [0.2, 0.25) is 0 Å². The Morgan fingerprint density at radius 2 is 1.89 bits per heavy atom. The predicted molar refractivity (Wildman–Crippen MR) is 142 cm³/mol. The molecule has 6 heteroatoms. The molecule has 2 aromatic carbocycles. The van der Waals surface area contributed by atoms with Gasteiger partial charge in [0.05, 0.1) is 25.8 Å². The Bertz CT molecular complexity index is 1250. The first-order chi connectivity index (χ1) is 17.2. The molecule has 0 spiro atoms. The van der Waals surface area contributed by atoms with Gasteiger partial charge in [0.25, 0.3) is 0 Å². The third-order valence-electron chi connectivity index (χ3n) is 7.65. The summed E-state index contributed by atoms with van der Waals surface area (Å²) in [5.74, 6) is 1.87. The van der Waals surface area contributed by atoms with Crippen molar-refractivity contribution in [3.63, 3.8) is 0 Å². The van der Waals surface area contributed by atoms with Crippen LogP contribution >= 0.6 is 0 Å². The van der Waals surface area contributed by atoms with Crippen molar-refractivity contribution in [2.45, 2.75) is 59.2 Å². The van der Waals surface area contributed by atoms with Gasteiger partial charge in [-0.25, -0.2) is 4.79 Å². The van der Waals surface area contributed by atoms with Crippen LogP contribution < -0.4 is 4.74 Å². The molecule has 0 bridgehead atoms. The molecule has 3 heterocycles. The van der Waals surface area contributed by atoms with Gasteiger partial charge in [-0.15, -0.1) is 0 Å². The zero-order chi connectivity index (χ0) is 25.6. The number of likely N-dealkylation sites (tertiary alicyclic amines) is 1. The first kappa shape index (κ1) is 24.8. The Kier molecular flexibility index (Phi) is 6.60. The van der Waals surface area contributed by atoms with Crippen molar-refractivity contribution < 1.29 is 19.0 Å². The zero-order valence-electron chi connectivity index (χ0n) is 22.3. The molecule has 0 amide bonds. The smallest absolute Gasteiger partial charge is 0.419 e. The molecule has 2 saturated heterocycles. The number of carbonyl (C=O) groups is 1. The van der Waals surface area contributed by atoms with E-state index in [0.717, 1.165) is 60.5 Å². The number of carbonyl (C=O) groups excluding carboxylic acids is 1. The largest absolute Gasteiger partial charge is 0.496 e. The number of hydrogen-bond acceptors (Lipinski definition) is 5. The highest BCUT2D eigenvalue weighted by Gasteiger charge is 2.45. The summed E-state index contributed by atoms with van der Waals surface area (Å²) < 4.78 is 19.1. The Morgan fingerprint density at radius 1 is 1.14 bits per heavy atom. The molecule has 2 aliphatic rings. The second-order valence-corrected chi connectivity index (χ2v) is 11.2. The number of hydrogen-bond donors (Lipinski definition) is 0. The van der Waals surface area contributed by atoms with Gasteiger partial charge in [0.15, 0.2) is 0 Å². The van der Waals surface area contributed by atoms with Crippen molar-refractivity contribution in [1.29, 1.82) is 0 Å². The van der Waals surface area contributed by atoms with E-state index in [2.05, 4.69) is 36.1 Å². The first-order valence-corrected chi connectivity index (χ1v) is 13.0. The van der Waals surface area contributed by atoms with Gasteiger partial charge in [-0.3, -0.25) is 9.47 Å². The summed E-state index contributed by atoms with van der Waals surface area (Å²) in [6, 6.07) is 13.4. The van der Waals surface area contributed by atoms with E-state index in [9.17, 15) is 4.79 Å². The lowest BCUT2D eigenvalue weighted by molar-refractivity contribution is 0.0544. The predicted octanol–water partition coefficient (Wildman–Crippen LogP) is 6.12. The standard InChI is InChI=1S/C30H38N2O4/c1-7-20-8-10-21(11-9-20)28-25-18-35-17-22(25)15-31(28)16-24-23-12-13-32(29(33)36-30(3,4)5)27(23)19(2)14-26(24)34-6/h8-14,22,25,28H,7,15-18H2,1-6H3/t22-,25?,28?/m1/s1. The fourth-order valence-corrected chi connectivity index (χ4v) is 5.98. The third kappa shape index (κ3) is 4.53. The zero-order valence-corrected chi connectivity index (χ0v) is 22.3. The van der Waals surface area contributed by atoms with Gasteiger partial charge >= 0.3 is 6.09 Å². The fraction of sp³-hybridized carbons (Fsp3) is 0.500. The van der Waals surface area contributed by atoms with Crippen LogP contribution in [0.4, 0.5) is 4.79 Å². The summed E-state index contributed by atoms with van der Waals surface area (Å²) in [6.07, 6.45) is 2.50. The number of aryl methyl sites for hydroxylation is 2. The monoisotopic (exact) mass is 490 g/mol. The lowest BCUT2D eigenvalue weighted by Crippen LogP contribution is -2.27. The van der Waals surface area contributed by atoms with E-state index in [-0.39, 0.29) is 12.1 Å². The maximum absolute atomic E-state index is 13.0. The van der Waals surface area contributed by atoms with Crippen molar-refractivity contribution in [2.75, 3.05) is 26.9 Å². The minimum atomic E-state index is -0.563. The van der Waals surface area contributed by atoms with E-state index in [1.807, 2.05) is 46.0 Å². The summed E-state index contributed by atoms with van der Waals surface area (Å²) in [4.78, 5) is 15.6. The average Bonchev–Trinajstić information content (AvgIpc) is 3.54. The quantitative estimate of drug-likeness (QED) is 0.431. The number of fused-ring (bicyclic) bond motifs is 2. The molecule has 2 aliphatic heterocycles. The van der Waals surface area contributed by atoms with E-state index in [1.54, 1.807) is 11.7 Å². The molecule has 3 atom stereocenters. The SMILES string of the molecule is CCc1ccc(C2C3COC[C@H]3CN2Cc2c(OC)cc(C)c3c2ccn3C(=O)OC(C)(C)C)cc1. The average molecular weight is 491 g/mol. The van der Waals surface area contributed by atoms with Crippen molar-refractivity contribution in [3.05, 3.63) is 64.8 Å². The number of rotatable bonds is 5. The van der Waals surface area contributed by atoms with Gasteiger partial charge in [-0.1, -0.05) is 31.2 Å². The molecule has 1 aromatic heterocycles. The van der Waals surface area contributed by atoms with Crippen molar-refractivity contribution in [2.24, 2.45) is 11.8 Å². The van der Waals surface area contributed by atoms with Gasteiger partial charge in [0, 0.05) is 48.1 Å².